The molecule has 0 atom stereocenters. The van der Waals surface area contributed by atoms with Gasteiger partial charge in [0.2, 0.25) is 0 Å². The number of carbonyl (C=O) groups is 1. The predicted molar refractivity (Wildman–Crippen MR) is 65.4 cm³/mol. The summed E-state index contributed by atoms with van der Waals surface area (Å²) < 4.78 is 5.16. The molecule has 0 saturated heterocycles. The number of alkyl carbamates (subject to hydrolysis) is 1. The van der Waals surface area contributed by atoms with Crippen LogP contribution in [0, 0.1) is 0 Å². The van der Waals surface area contributed by atoms with Crippen LogP contribution < -0.4 is 11.1 Å². The third-order valence-corrected chi connectivity index (χ3v) is 3.06. The molecule has 0 unspecified atom stereocenters. The summed E-state index contributed by atoms with van der Waals surface area (Å²) in [4.78, 5) is 11.6. The van der Waals surface area contributed by atoms with Crippen LogP contribution in [0.2, 0.25) is 0 Å². The number of carbonyl (C=O) groups excluding carboxylic acids is 1. The van der Waals surface area contributed by atoms with Crippen molar-refractivity contribution < 1.29 is 9.53 Å². The molecule has 4 nitrogen and oxygen atoms in total. The van der Waals surface area contributed by atoms with E-state index in [1.807, 2.05) is 30.3 Å². The first-order valence-corrected chi connectivity index (χ1v) is 5.93. The summed E-state index contributed by atoms with van der Waals surface area (Å²) in [6.07, 6.45) is 2.49. The third-order valence-electron chi connectivity index (χ3n) is 3.06. The average Bonchev–Trinajstić information content (AvgIpc) is 3.08. The topological polar surface area (TPSA) is 64.3 Å². The normalized spacial score (nSPS) is 16.3. The second-order valence-electron chi connectivity index (χ2n) is 4.51. The molecule has 1 aliphatic carbocycles. The lowest BCUT2D eigenvalue weighted by molar-refractivity contribution is 0.134. The Morgan fingerprint density at radius 1 is 1.35 bits per heavy atom. The van der Waals surface area contributed by atoms with Gasteiger partial charge in [0, 0.05) is 5.54 Å². The van der Waals surface area contributed by atoms with Crippen molar-refractivity contribution >= 4 is 6.09 Å². The highest BCUT2D eigenvalue weighted by molar-refractivity contribution is 5.69. The maximum absolute atomic E-state index is 11.6. The molecule has 0 aromatic heterocycles. The van der Waals surface area contributed by atoms with Crippen LogP contribution in [-0.4, -0.2) is 18.2 Å². The van der Waals surface area contributed by atoms with Crippen LogP contribution in [-0.2, 0) is 11.3 Å². The van der Waals surface area contributed by atoms with Crippen molar-refractivity contribution in [2.24, 2.45) is 5.73 Å². The first-order chi connectivity index (χ1) is 8.24. The van der Waals surface area contributed by atoms with E-state index in [4.69, 9.17) is 10.5 Å². The summed E-state index contributed by atoms with van der Waals surface area (Å²) in [7, 11) is 0. The summed E-state index contributed by atoms with van der Waals surface area (Å²) in [5, 5.41) is 2.90. The van der Waals surface area contributed by atoms with Crippen molar-refractivity contribution in [2.75, 3.05) is 6.54 Å². The number of benzene rings is 1. The zero-order valence-electron chi connectivity index (χ0n) is 9.82. The lowest BCUT2D eigenvalue weighted by Gasteiger charge is -2.16. The molecule has 92 valence electrons. The highest BCUT2D eigenvalue weighted by Crippen LogP contribution is 2.38. The lowest BCUT2D eigenvalue weighted by Crippen LogP contribution is -2.38. The second kappa shape index (κ2) is 5.19. The quantitative estimate of drug-likeness (QED) is 0.816. The molecule has 1 aromatic rings. The number of hydrogen-bond donors (Lipinski definition) is 2. The highest BCUT2D eigenvalue weighted by Gasteiger charge is 2.43. The van der Waals surface area contributed by atoms with Crippen LogP contribution in [0.4, 0.5) is 4.79 Å². The Labute approximate surface area is 101 Å². The van der Waals surface area contributed by atoms with Crippen molar-refractivity contribution in [3.8, 4) is 0 Å². The maximum atomic E-state index is 11.6. The zero-order chi connectivity index (χ0) is 12.1. The number of nitrogens with two attached hydrogens (primary N) is 1. The third kappa shape index (κ3) is 3.46. The van der Waals surface area contributed by atoms with Gasteiger partial charge in [-0.1, -0.05) is 30.3 Å². The van der Waals surface area contributed by atoms with Gasteiger partial charge < -0.3 is 15.8 Å². The molecule has 1 amide bonds. The van der Waals surface area contributed by atoms with E-state index in [2.05, 4.69) is 5.32 Å². The van der Waals surface area contributed by atoms with Crippen molar-refractivity contribution in [3.63, 3.8) is 0 Å². The fourth-order valence-corrected chi connectivity index (χ4v) is 1.84. The van der Waals surface area contributed by atoms with Crippen molar-refractivity contribution in [1.82, 2.24) is 5.32 Å². The Kier molecular flexibility index (Phi) is 3.64. The highest BCUT2D eigenvalue weighted by atomic mass is 16.5. The summed E-state index contributed by atoms with van der Waals surface area (Å²) in [6, 6.07) is 9.64. The molecule has 1 saturated carbocycles. The van der Waals surface area contributed by atoms with E-state index < -0.39 is 0 Å². The second-order valence-corrected chi connectivity index (χ2v) is 4.51. The monoisotopic (exact) mass is 234 g/mol. The van der Waals surface area contributed by atoms with Gasteiger partial charge in [0.05, 0.1) is 0 Å². The van der Waals surface area contributed by atoms with E-state index in [1.54, 1.807) is 0 Å². The summed E-state index contributed by atoms with van der Waals surface area (Å²) in [5.74, 6) is 0. The van der Waals surface area contributed by atoms with Gasteiger partial charge in [-0.25, -0.2) is 4.79 Å². The van der Waals surface area contributed by atoms with Gasteiger partial charge in [-0.3, -0.25) is 0 Å². The summed E-state index contributed by atoms with van der Waals surface area (Å²) in [6.45, 7) is 0.907. The first kappa shape index (κ1) is 11.9. The molecule has 1 aromatic carbocycles. The van der Waals surface area contributed by atoms with Gasteiger partial charge in [0.25, 0.3) is 0 Å². The number of hydrogen-bond acceptors (Lipinski definition) is 3. The van der Waals surface area contributed by atoms with E-state index in [0.717, 1.165) is 24.8 Å². The molecular formula is C13H18N2O2. The Bertz CT molecular complexity index is 374. The SMILES string of the molecule is NCCC1(NC(=O)OCc2ccccc2)CC1. The summed E-state index contributed by atoms with van der Waals surface area (Å²) in [5.41, 5.74) is 6.41. The summed E-state index contributed by atoms with van der Waals surface area (Å²) >= 11 is 0. The van der Waals surface area contributed by atoms with E-state index in [1.165, 1.54) is 0 Å². The van der Waals surface area contributed by atoms with Crippen molar-refractivity contribution in [3.05, 3.63) is 35.9 Å². The predicted octanol–water partition coefficient (Wildman–Crippen LogP) is 1.79. The molecule has 0 bridgehead atoms. The fourth-order valence-electron chi connectivity index (χ4n) is 1.84. The van der Waals surface area contributed by atoms with Crippen LogP contribution >= 0.6 is 0 Å². The van der Waals surface area contributed by atoms with Crippen molar-refractivity contribution in [2.45, 2.75) is 31.4 Å². The van der Waals surface area contributed by atoms with Gasteiger partial charge in [-0.2, -0.15) is 0 Å². The van der Waals surface area contributed by atoms with E-state index in [9.17, 15) is 4.79 Å². The Morgan fingerprint density at radius 3 is 2.65 bits per heavy atom. The van der Waals surface area contributed by atoms with Crippen LogP contribution in [0.5, 0.6) is 0 Å². The number of nitrogens with one attached hydrogen (secondary N) is 1. The average molecular weight is 234 g/mol. The van der Waals surface area contributed by atoms with Crippen LogP contribution in [0.3, 0.4) is 0 Å². The van der Waals surface area contributed by atoms with E-state index >= 15 is 0 Å². The number of rotatable bonds is 5. The number of amides is 1. The Morgan fingerprint density at radius 2 is 2.06 bits per heavy atom. The van der Waals surface area contributed by atoms with Gasteiger partial charge in [-0.05, 0) is 31.4 Å². The van der Waals surface area contributed by atoms with Crippen LogP contribution in [0.25, 0.3) is 0 Å². The van der Waals surface area contributed by atoms with Crippen LogP contribution in [0.15, 0.2) is 30.3 Å². The van der Waals surface area contributed by atoms with Gasteiger partial charge in [-0.15, -0.1) is 0 Å². The minimum atomic E-state index is -0.347. The number of ether oxygens (including phenoxy) is 1. The zero-order valence-corrected chi connectivity index (χ0v) is 9.82. The largest absolute Gasteiger partial charge is 0.445 e. The minimum Gasteiger partial charge on any atom is -0.445 e. The lowest BCUT2D eigenvalue weighted by atomic mass is 10.2. The molecule has 17 heavy (non-hydrogen) atoms. The van der Waals surface area contributed by atoms with Gasteiger partial charge >= 0.3 is 6.09 Å². The van der Waals surface area contributed by atoms with Crippen LogP contribution in [0.1, 0.15) is 24.8 Å². The van der Waals surface area contributed by atoms with Crippen molar-refractivity contribution in [1.29, 1.82) is 0 Å². The molecule has 1 fully saturated rings. The molecule has 1 aliphatic rings. The minimum absolute atomic E-state index is 0.0808. The van der Waals surface area contributed by atoms with E-state index in [-0.39, 0.29) is 11.6 Å². The Balaban J connectivity index is 1.75. The molecule has 2 rings (SSSR count). The molecule has 4 heteroatoms. The molecule has 0 radical (unpaired) electrons. The molecular weight excluding hydrogens is 216 g/mol. The molecule has 3 N–H and O–H groups in total. The molecule has 0 heterocycles. The fraction of sp³-hybridized carbons (Fsp3) is 0.462. The maximum Gasteiger partial charge on any atom is 0.407 e. The van der Waals surface area contributed by atoms with Gasteiger partial charge in [0.1, 0.15) is 6.61 Å². The van der Waals surface area contributed by atoms with E-state index in [0.29, 0.717) is 13.2 Å². The standard InChI is InChI=1S/C13H18N2O2/c14-9-8-13(6-7-13)15-12(16)17-10-11-4-2-1-3-5-11/h1-5H,6-10,14H2,(H,15,16). The molecule has 0 aliphatic heterocycles. The molecule has 0 spiro atoms. The van der Waals surface area contributed by atoms with Gasteiger partial charge in [0.15, 0.2) is 0 Å². The first-order valence-electron chi connectivity index (χ1n) is 5.93. The smallest absolute Gasteiger partial charge is 0.407 e. The Hall–Kier alpha value is -1.55.